The summed E-state index contributed by atoms with van der Waals surface area (Å²) >= 11 is 0. The predicted molar refractivity (Wildman–Crippen MR) is 121 cm³/mol. The van der Waals surface area contributed by atoms with Gasteiger partial charge in [-0.25, -0.2) is 0 Å². The largest absolute Gasteiger partial charge is 0.493 e. The van der Waals surface area contributed by atoms with Crippen molar-refractivity contribution in [3.05, 3.63) is 51.3 Å². The van der Waals surface area contributed by atoms with E-state index in [4.69, 9.17) is 14.2 Å². The molecule has 3 rings (SSSR count). The Labute approximate surface area is 184 Å². The lowest BCUT2D eigenvalue weighted by Crippen LogP contribution is -2.28. The first-order chi connectivity index (χ1) is 14.9. The number of hydrogen-bond donors (Lipinski definition) is 0. The number of carbonyl (C=O) groups is 1. The number of aromatic nitrogens is 1. The van der Waals surface area contributed by atoms with E-state index >= 15 is 0 Å². The van der Waals surface area contributed by atoms with Gasteiger partial charge in [-0.1, -0.05) is 13.8 Å². The molecule has 1 aliphatic heterocycles. The average Bonchev–Trinajstić information content (AvgIpc) is 2.73. The summed E-state index contributed by atoms with van der Waals surface area (Å²) in [5.74, 6) is 0.954. The predicted octanol–water partition coefficient (Wildman–Crippen LogP) is 4.42. The van der Waals surface area contributed by atoms with Crippen molar-refractivity contribution in [1.29, 1.82) is 0 Å². The van der Waals surface area contributed by atoms with Crippen LogP contribution in [0.5, 0.6) is 5.75 Å². The zero-order valence-electron chi connectivity index (χ0n) is 19.2. The van der Waals surface area contributed by atoms with E-state index in [0.29, 0.717) is 32.3 Å². The Morgan fingerprint density at radius 3 is 2.65 bits per heavy atom. The number of fused-ring (bicyclic) bond motifs is 3. The van der Waals surface area contributed by atoms with Gasteiger partial charge < -0.3 is 18.8 Å². The number of Topliss-reactive ketones (excluding diaryl/α,β-unsaturated/α-hetero) is 1. The van der Waals surface area contributed by atoms with Gasteiger partial charge in [-0.3, -0.25) is 9.59 Å². The first-order valence-corrected chi connectivity index (χ1v) is 11.0. The van der Waals surface area contributed by atoms with Gasteiger partial charge in [-0.15, -0.1) is 0 Å². The molecule has 2 heterocycles. The molecule has 6 heteroatoms. The number of benzene rings is 1. The fourth-order valence-electron chi connectivity index (χ4n) is 4.10. The normalized spacial score (nSPS) is 15.0. The molecule has 0 unspecified atom stereocenters. The molecule has 2 aromatic rings. The van der Waals surface area contributed by atoms with Crippen LogP contribution in [0.3, 0.4) is 0 Å². The van der Waals surface area contributed by atoms with Crippen molar-refractivity contribution in [2.75, 3.05) is 26.9 Å². The van der Waals surface area contributed by atoms with Gasteiger partial charge >= 0.3 is 0 Å². The summed E-state index contributed by atoms with van der Waals surface area (Å²) in [6.45, 7) is 9.99. The van der Waals surface area contributed by atoms with E-state index in [2.05, 4.69) is 30.5 Å². The number of rotatable bonds is 10. The van der Waals surface area contributed by atoms with Crippen molar-refractivity contribution in [2.45, 2.75) is 53.2 Å². The molecule has 31 heavy (non-hydrogen) atoms. The van der Waals surface area contributed by atoms with Crippen LogP contribution in [-0.2, 0) is 22.5 Å². The molecule has 0 N–H and O–H groups in total. The van der Waals surface area contributed by atoms with Crippen molar-refractivity contribution in [3.8, 4) is 17.0 Å². The molecular formula is C25H33NO5. The Hall–Kier alpha value is -2.44. The number of ketones is 1. The quantitative estimate of drug-likeness (QED) is 0.415. The van der Waals surface area contributed by atoms with Gasteiger partial charge in [0.05, 0.1) is 24.5 Å². The van der Waals surface area contributed by atoms with E-state index in [9.17, 15) is 9.59 Å². The van der Waals surface area contributed by atoms with Crippen molar-refractivity contribution < 1.29 is 19.0 Å². The SMILES string of the molecule is CCOCc1cc2c(cc1OCCCOC)C[C@H](C(C)C)n1cc(C(C)=O)c(=O)cc1-2. The van der Waals surface area contributed by atoms with Crippen LogP contribution in [0.1, 0.15) is 61.6 Å². The van der Waals surface area contributed by atoms with Gasteiger partial charge in [0.2, 0.25) is 0 Å². The van der Waals surface area contributed by atoms with Crippen LogP contribution in [0.25, 0.3) is 11.3 Å². The summed E-state index contributed by atoms with van der Waals surface area (Å²) in [6, 6.07) is 5.93. The first kappa shape index (κ1) is 23.2. The Balaban J connectivity index is 2.11. The molecule has 0 fully saturated rings. The molecule has 0 aliphatic carbocycles. The van der Waals surface area contributed by atoms with Crippen molar-refractivity contribution >= 4 is 5.78 Å². The molecular weight excluding hydrogens is 394 g/mol. The maximum atomic E-state index is 12.7. The Kier molecular flexibility index (Phi) is 7.68. The summed E-state index contributed by atoms with van der Waals surface area (Å²) in [6.07, 6.45) is 3.36. The number of ether oxygens (including phenoxy) is 3. The Morgan fingerprint density at radius 1 is 1.23 bits per heavy atom. The summed E-state index contributed by atoms with van der Waals surface area (Å²) in [5.41, 5.74) is 3.96. The van der Waals surface area contributed by atoms with E-state index in [-0.39, 0.29) is 22.8 Å². The van der Waals surface area contributed by atoms with Crippen LogP contribution in [0, 0.1) is 5.92 Å². The molecule has 0 bridgehead atoms. The third-order valence-corrected chi connectivity index (χ3v) is 5.79. The second kappa shape index (κ2) is 10.2. The zero-order chi connectivity index (χ0) is 22.5. The summed E-state index contributed by atoms with van der Waals surface area (Å²) in [5, 5.41) is 0. The highest BCUT2D eigenvalue weighted by Crippen LogP contribution is 2.40. The van der Waals surface area contributed by atoms with Crippen LogP contribution in [-0.4, -0.2) is 37.3 Å². The van der Waals surface area contributed by atoms with Crippen molar-refractivity contribution in [2.24, 2.45) is 5.92 Å². The van der Waals surface area contributed by atoms with Crippen LogP contribution >= 0.6 is 0 Å². The van der Waals surface area contributed by atoms with E-state index in [0.717, 1.165) is 41.0 Å². The van der Waals surface area contributed by atoms with Gasteiger partial charge in [-0.05, 0) is 43.9 Å². The minimum absolute atomic E-state index is 0.153. The van der Waals surface area contributed by atoms with Gasteiger partial charge in [0.25, 0.3) is 0 Å². The van der Waals surface area contributed by atoms with Crippen LogP contribution in [0.2, 0.25) is 0 Å². The monoisotopic (exact) mass is 427 g/mol. The zero-order valence-corrected chi connectivity index (χ0v) is 19.2. The van der Waals surface area contributed by atoms with E-state index in [1.165, 1.54) is 6.92 Å². The van der Waals surface area contributed by atoms with Gasteiger partial charge in [0.15, 0.2) is 11.2 Å². The summed E-state index contributed by atoms with van der Waals surface area (Å²) in [7, 11) is 1.68. The number of methoxy groups -OCH3 is 1. The number of pyridine rings is 1. The Bertz CT molecular complexity index is 992. The lowest BCUT2D eigenvalue weighted by Gasteiger charge is -2.34. The molecule has 0 saturated carbocycles. The molecule has 1 aromatic carbocycles. The summed E-state index contributed by atoms with van der Waals surface area (Å²) < 4.78 is 19.0. The molecule has 6 nitrogen and oxygen atoms in total. The molecule has 1 aromatic heterocycles. The third-order valence-electron chi connectivity index (χ3n) is 5.79. The highest BCUT2D eigenvalue weighted by molar-refractivity contribution is 5.94. The summed E-state index contributed by atoms with van der Waals surface area (Å²) in [4.78, 5) is 24.6. The van der Waals surface area contributed by atoms with Gasteiger partial charge in [-0.2, -0.15) is 0 Å². The maximum absolute atomic E-state index is 12.7. The lowest BCUT2D eigenvalue weighted by molar-refractivity contribution is 0.101. The number of carbonyl (C=O) groups excluding carboxylic acids is 1. The van der Waals surface area contributed by atoms with Crippen LogP contribution in [0.15, 0.2) is 29.2 Å². The second-order valence-corrected chi connectivity index (χ2v) is 8.36. The molecule has 1 aliphatic rings. The van der Waals surface area contributed by atoms with Crippen molar-refractivity contribution in [3.63, 3.8) is 0 Å². The van der Waals surface area contributed by atoms with E-state index < -0.39 is 0 Å². The topological polar surface area (TPSA) is 66.8 Å². The van der Waals surface area contributed by atoms with Crippen LogP contribution in [0.4, 0.5) is 0 Å². The number of hydrogen-bond acceptors (Lipinski definition) is 5. The molecule has 1 atom stereocenters. The standard InChI is InChI=1S/C25H33NO5/c1-6-30-15-19-10-20-18(12-25(19)31-9-7-8-29-5)11-22(16(2)3)26-14-21(17(4)27)24(28)13-23(20)26/h10,12-14,16,22H,6-9,11,15H2,1-5H3/t22-/m1/s1. The highest BCUT2D eigenvalue weighted by Gasteiger charge is 2.28. The third kappa shape index (κ3) is 5.08. The van der Waals surface area contributed by atoms with Gasteiger partial charge in [0, 0.05) is 56.2 Å². The maximum Gasteiger partial charge on any atom is 0.192 e. The molecule has 0 radical (unpaired) electrons. The van der Waals surface area contributed by atoms with Crippen molar-refractivity contribution in [1.82, 2.24) is 4.57 Å². The molecule has 0 spiro atoms. The minimum atomic E-state index is -0.236. The van der Waals surface area contributed by atoms with E-state index in [1.54, 1.807) is 19.4 Å². The van der Waals surface area contributed by atoms with Gasteiger partial charge in [0.1, 0.15) is 5.75 Å². The smallest absolute Gasteiger partial charge is 0.192 e. The molecule has 0 saturated heterocycles. The number of nitrogens with zero attached hydrogens (tertiary/aromatic N) is 1. The molecule has 0 amide bonds. The van der Waals surface area contributed by atoms with E-state index in [1.807, 2.05) is 6.92 Å². The molecule has 168 valence electrons. The van der Waals surface area contributed by atoms with Crippen LogP contribution < -0.4 is 10.2 Å². The highest BCUT2D eigenvalue weighted by atomic mass is 16.5. The minimum Gasteiger partial charge on any atom is -0.493 e. The Morgan fingerprint density at radius 2 is 2.00 bits per heavy atom. The second-order valence-electron chi connectivity index (χ2n) is 8.36. The lowest BCUT2D eigenvalue weighted by atomic mass is 9.86. The first-order valence-electron chi connectivity index (χ1n) is 11.0. The average molecular weight is 428 g/mol. The fourth-order valence-corrected chi connectivity index (χ4v) is 4.10. The fraction of sp³-hybridized carbons (Fsp3) is 0.520.